The van der Waals surface area contributed by atoms with Gasteiger partial charge in [0.1, 0.15) is 5.69 Å². The molecule has 68 valence electrons. The fraction of sp³-hybridized carbons (Fsp3) is 0.500. The minimum Gasteiger partial charge on any atom is -0.375 e. The van der Waals surface area contributed by atoms with Crippen molar-refractivity contribution in [3.05, 3.63) is 10.6 Å². The van der Waals surface area contributed by atoms with E-state index in [2.05, 4.69) is 4.98 Å². The molecule has 1 aliphatic carbocycles. The van der Waals surface area contributed by atoms with Crippen LogP contribution in [0.3, 0.4) is 0 Å². The zero-order valence-electron chi connectivity index (χ0n) is 6.99. The molecular formula is C8H9N3OS. The molecule has 0 bridgehead atoms. The summed E-state index contributed by atoms with van der Waals surface area (Å²) in [4.78, 5) is 18.7. The summed E-state index contributed by atoms with van der Waals surface area (Å²) >= 11 is 1.43. The van der Waals surface area contributed by atoms with Crippen LogP contribution in [0.1, 0.15) is 28.2 Å². The Kier molecular flexibility index (Phi) is 1.25. The molecule has 13 heavy (non-hydrogen) atoms. The van der Waals surface area contributed by atoms with Gasteiger partial charge < -0.3 is 10.6 Å². The van der Waals surface area contributed by atoms with Gasteiger partial charge in [0.15, 0.2) is 5.13 Å². The Morgan fingerprint density at radius 3 is 2.92 bits per heavy atom. The van der Waals surface area contributed by atoms with Crippen molar-refractivity contribution in [1.82, 2.24) is 9.88 Å². The molecule has 0 radical (unpaired) electrons. The normalized spacial score (nSPS) is 20.9. The van der Waals surface area contributed by atoms with Crippen LogP contribution < -0.4 is 5.73 Å². The smallest absolute Gasteiger partial charge is 0.274 e. The Labute approximate surface area is 79.4 Å². The lowest BCUT2D eigenvalue weighted by molar-refractivity contribution is 0.0762. The molecule has 2 heterocycles. The highest BCUT2D eigenvalue weighted by Crippen LogP contribution is 2.36. The maximum Gasteiger partial charge on any atom is 0.274 e. The van der Waals surface area contributed by atoms with E-state index in [0.717, 1.165) is 24.3 Å². The fourth-order valence-electron chi connectivity index (χ4n) is 1.69. The van der Waals surface area contributed by atoms with E-state index in [1.165, 1.54) is 11.3 Å². The van der Waals surface area contributed by atoms with Gasteiger partial charge >= 0.3 is 0 Å². The van der Waals surface area contributed by atoms with E-state index in [1.807, 2.05) is 4.90 Å². The molecule has 1 aliphatic heterocycles. The number of aromatic nitrogens is 1. The van der Waals surface area contributed by atoms with Gasteiger partial charge in [-0.15, -0.1) is 0 Å². The molecule has 1 fully saturated rings. The second kappa shape index (κ2) is 2.23. The quantitative estimate of drug-likeness (QED) is 0.722. The zero-order chi connectivity index (χ0) is 9.00. The molecule has 0 aromatic carbocycles. The second-order valence-electron chi connectivity index (χ2n) is 3.49. The van der Waals surface area contributed by atoms with Gasteiger partial charge in [-0.05, 0) is 12.8 Å². The summed E-state index contributed by atoms with van der Waals surface area (Å²) < 4.78 is 0. The predicted octanol–water partition coefficient (Wildman–Crippen LogP) is 0.844. The third kappa shape index (κ3) is 0.966. The summed E-state index contributed by atoms with van der Waals surface area (Å²) in [5.74, 6) is 0.0745. The Morgan fingerprint density at radius 2 is 2.31 bits per heavy atom. The lowest BCUT2D eigenvalue weighted by Crippen LogP contribution is -2.26. The Morgan fingerprint density at radius 1 is 1.54 bits per heavy atom. The SMILES string of the molecule is Nc1nc2c(s1)CN(C1CC1)C2=O. The highest BCUT2D eigenvalue weighted by Gasteiger charge is 2.40. The van der Waals surface area contributed by atoms with Crippen molar-refractivity contribution < 1.29 is 4.79 Å². The molecule has 3 rings (SSSR count). The summed E-state index contributed by atoms with van der Waals surface area (Å²) in [7, 11) is 0. The molecule has 5 heteroatoms. The lowest BCUT2D eigenvalue weighted by atomic mass is 10.4. The third-order valence-corrected chi connectivity index (χ3v) is 3.35. The number of anilines is 1. The van der Waals surface area contributed by atoms with Gasteiger partial charge in [0.2, 0.25) is 0 Å². The number of nitrogen functional groups attached to an aromatic ring is 1. The number of rotatable bonds is 1. The minimum absolute atomic E-state index is 0.0745. The monoisotopic (exact) mass is 195 g/mol. The Bertz CT molecular complexity index is 383. The van der Waals surface area contributed by atoms with Crippen LogP contribution in [0, 0.1) is 0 Å². The molecule has 4 nitrogen and oxygen atoms in total. The molecule has 0 atom stereocenters. The summed E-state index contributed by atoms with van der Waals surface area (Å²) in [5.41, 5.74) is 6.12. The van der Waals surface area contributed by atoms with Crippen LogP contribution in [-0.4, -0.2) is 21.8 Å². The van der Waals surface area contributed by atoms with E-state index >= 15 is 0 Å². The number of carbonyl (C=O) groups is 1. The number of hydrogen-bond acceptors (Lipinski definition) is 4. The van der Waals surface area contributed by atoms with Crippen molar-refractivity contribution in [3.63, 3.8) is 0 Å². The van der Waals surface area contributed by atoms with E-state index < -0.39 is 0 Å². The van der Waals surface area contributed by atoms with Crippen LogP contribution in [0.2, 0.25) is 0 Å². The van der Waals surface area contributed by atoms with Gasteiger partial charge in [-0.3, -0.25) is 4.79 Å². The maximum atomic E-state index is 11.7. The number of nitrogens with zero attached hydrogens (tertiary/aromatic N) is 2. The highest BCUT2D eigenvalue weighted by atomic mass is 32.1. The maximum absolute atomic E-state index is 11.7. The van der Waals surface area contributed by atoms with Crippen LogP contribution in [0.15, 0.2) is 0 Å². The number of fused-ring (bicyclic) bond motifs is 1. The largest absolute Gasteiger partial charge is 0.375 e. The molecule has 0 unspecified atom stereocenters. The first-order chi connectivity index (χ1) is 6.25. The summed E-state index contributed by atoms with van der Waals surface area (Å²) in [5, 5.41) is 0.508. The van der Waals surface area contributed by atoms with Gasteiger partial charge in [-0.25, -0.2) is 4.98 Å². The molecule has 0 spiro atoms. The van der Waals surface area contributed by atoms with Gasteiger partial charge in [-0.2, -0.15) is 0 Å². The van der Waals surface area contributed by atoms with E-state index in [4.69, 9.17) is 5.73 Å². The molecule has 0 saturated heterocycles. The van der Waals surface area contributed by atoms with Crippen molar-refractivity contribution in [1.29, 1.82) is 0 Å². The lowest BCUT2D eigenvalue weighted by Gasteiger charge is -2.13. The van der Waals surface area contributed by atoms with Crippen molar-refractivity contribution >= 4 is 22.4 Å². The molecule has 1 aromatic rings. The summed E-state index contributed by atoms with van der Waals surface area (Å²) in [6, 6.07) is 0.482. The summed E-state index contributed by atoms with van der Waals surface area (Å²) in [6.07, 6.45) is 2.30. The van der Waals surface area contributed by atoms with Gasteiger partial charge in [0.25, 0.3) is 5.91 Å². The first kappa shape index (κ1) is 7.32. The van der Waals surface area contributed by atoms with Gasteiger partial charge in [-0.1, -0.05) is 11.3 Å². The number of thiazole rings is 1. The Hall–Kier alpha value is -1.10. The van der Waals surface area contributed by atoms with Crippen LogP contribution >= 0.6 is 11.3 Å². The number of amides is 1. The van der Waals surface area contributed by atoms with Crippen LogP contribution in [0.25, 0.3) is 0 Å². The minimum atomic E-state index is 0.0745. The van der Waals surface area contributed by atoms with E-state index in [1.54, 1.807) is 0 Å². The standard InChI is InChI=1S/C8H9N3OS/c9-8-10-6-5(13-8)3-11(7(6)12)4-1-2-4/h4H,1-3H2,(H2,9,10). The molecule has 2 aliphatic rings. The van der Waals surface area contributed by atoms with Crippen molar-refractivity contribution in [2.45, 2.75) is 25.4 Å². The average Bonchev–Trinajstić information content (AvgIpc) is 2.79. The van der Waals surface area contributed by atoms with Crippen LogP contribution in [-0.2, 0) is 6.54 Å². The van der Waals surface area contributed by atoms with Crippen molar-refractivity contribution in [2.24, 2.45) is 0 Å². The molecule has 1 amide bonds. The number of hydrogen-bond donors (Lipinski definition) is 1. The molecule has 2 N–H and O–H groups in total. The molecule has 1 aromatic heterocycles. The molecule has 1 saturated carbocycles. The van der Waals surface area contributed by atoms with Crippen LogP contribution in [0.5, 0.6) is 0 Å². The summed E-state index contributed by atoms with van der Waals surface area (Å²) in [6.45, 7) is 0.730. The first-order valence-corrected chi connectivity index (χ1v) is 5.13. The zero-order valence-corrected chi connectivity index (χ0v) is 7.80. The Balaban J connectivity index is 1.98. The average molecular weight is 195 g/mol. The van der Waals surface area contributed by atoms with Gasteiger partial charge in [0, 0.05) is 6.04 Å². The first-order valence-electron chi connectivity index (χ1n) is 4.32. The van der Waals surface area contributed by atoms with E-state index in [-0.39, 0.29) is 5.91 Å². The van der Waals surface area contributed by atoms with Gasteiger partial charge in [0.05, 0.1) is 11.4 Å². The number of nitrogens with two attached hydrogens (primary N) is 1. The fourth-order valence-corrected chi connectivity index (χ4v) is 2.51. The predicted molar refractivity (Wildman–Crippen MR) is 49.4 cm³/mol. The van der Waals surface area contributed by atoms with E-state index in [9.17, 15) is 4.79 Å². The number of carbonyl (C=O) groups excluding carboxylic acids is 1. The third-order valence-electron chi connectivity index (χ3n) is 2.48. The molecular weight excluding hydrogens is 186 g/mol. The second-order valence-corrected chi connectivity index (χ2v) is 4.60. The van der Waals surface area contributed by atoms with Crippen molar-refractivity contribution in [3.8, 4) is 0 Å². The van der Waals surface area contributed by atoms with E-state index in [0.29, 0.717) is 16.9 Å². The highest BCUT2D eigenvalue weighted by molar-refractivity contribution is 7.15. The van der Waals surface area contributed by atoms with Crippen LogP contribution in [0.4, 0.5) is 5.13 Å². The topological polar surface area (TPSA) is 59.2 Å². The van der Waals surface area contributed by atoms with Crippen molar-refractivity contribution in [2.75, 3.05) is 5.73 Å².